The summed E-state index contributed by atoms with van der Waals surface area (Å²) in [6.45, 7) is 5.73. The van der Waals surface area contributed by atoms with E-state index in [2.05, 4.69) is 10.1 Å². The lowest BCUT2D eigenvalue weighted by atomic mass is 10.0. The van der Waals surface area contributed by atoms with Crippen molar-refractivity contribution < 1.29 is 9.18 Å². The summed E-state index contributed by atoms with van der Waals surface area (Å²) < 4.78 is 14.9. The van der Waals surface area contributed by atoms with Crippen molar-refractivity contribution in [2.75, 3.05) is 0 Å². The Labute approximate surface area is 111 Å². The number of aromatic nitrogens is 3. The molecule has 5 heteroatoms. The van der Waals surface area contributed by atoms with Gasteiger partial charge >= 0.3 is 0 Å². The normalized spacial score (nSPS) is 11.0. The molecule has 1 aromatic heterocycles. The minimum atomic E-state index is -0.403. The third-order valence-corrected chi connectivity index (χ3v) is 2.96. The van der Waals surface area contributed by atoms with Gasteiger partial charge in [-0.2, -0.15) is 5.10 Å². The molecule has 0 radical (unpaired) electrons. The highest BCUT2D eigenvalue weighted by molar-refractivity contribution is 5.98. The summed E-state index contributed by atoms with van der Waals surface area (Å²) in [6.07, 6.45) is 1.56. The first-order valence-corrected chi connectivity index (χ1v) is 6.16. The maximum atomic E-state index is 13.2. The molecule has 0 atom stereocenters. The van der Waals surface area contributed by atoms with Crippen molar-refractivity contribution in [3.05, 3.63) is 47.3 Å². The Morgan fingerprint density at radius 1 is 1.42 bits per heavy atom. The number of hydrogen-bond donors (Lipinski definition) is 0. The molecule has 1 aromatic carbocycles. The Bertz CT molecular complexity index is 604. The highest BCUT2D eigenvalue weighted by Gasteiger charge is 2.15. The van der Waals surface area contributed by atoms with Crippen LogP contribution in [0.5, 0.6) is 0 Å². The molecule has 0 aliphatic heterocycles. The van der Waals surface area contributed by atoms with Gasteiger partial charge in [-0.3, -0.25) is 4.79 Å². The fourth-order valence-corrected chi connectivity index (χ4v) is 1.97. The molecule has 0 spiro atoms. The van der Waals surface area contributed by atoms with Crippen LogP contribution in [-0.2, 0) is 6.42 Å². The van der Waals surface area contributed by atoms with E-state index < -0.39 is 5.82 Å². The Balaban J connectivity index is 2.26. The molecule has 19 heavy (non-hydrogen) atoms. The second-order valence-corrected chi connectivity index (χ2v) is 4.77. The molecular formula is C14H16FN3O. The van der Waals surface area contributed by atoms with E-state index in [9.17, 15) is 9.18 Å². The number of nitrogens with zero attached hydrogens (tertiary/aromatic N) is 3. The molecule has 0 N–H and O–H groups in total. The second kappa shape index (κ2) is 5.30. The zero-order valence-corrected chi connectivity index (χ0v) is 11.2. The lowest BCUT2D eigenvalue weighted by Crippen LogP contribution is -2.14. The summed E-state index contributed by atoms with van der Waals surface area (Å²) in [5, 5.41) is 4.08. The average Bonchev–Trinajstić information content (AvgIpc) is 2.80. The van der Waals surface area contributed by atoms with E-state index in [0.29, 0.717) is 11.4 Å². The molecule has 0 saturated heterocycles. The van der Waals surface area contributed by atoms with Crippen LogP contribution in [0.15, 0.2) is 24.5 Å². The van der Waals surface area contributed by atoms with Gasteiger partial charge in [0.15, 0.2) is 5.78 Å². The molecule has 0 fully saturated rings. The maximum Gasteiger partial charge on any atom is 0.170 e. The number of ketones is 1. The van der Waals surface area contributed by atoms with Crippen LogP contribution in [0, 0.1) is 12.7 Å². The van der Waals surface area contributed by atoms with Gasteiger partial charge in [-0.05, 0) is 38.5 Å². The van der Waals surface area contributed by atoms with Crippen LogP contribution in [-0.4, -0.2) is 20.5 Å². The molecule has 0 unspecified atom stereocenters. The molecule has 1 heterocycles. The van der Waals surface area contributed by atoms with Crippen molar-refractivity contribution in [1.29, 1.82) is 0 Å². The van der Waals surface area contributed by atoms with E-state index >= 15 is 0 Å². The first kappa shape index (κ1) is 13.4. The summed E-state index contributed by atoms with van der Waals surface area (Å²) in [5.74, 6) is 0.0508. The summed E-state index contributed by atoms with van der Waals surface area (Å²) in [5.41, 5.74) is 1.17. The number of carbonyl (C=O) groups excluding carboxylic acids is 1. The van der Waals surface area contributed by atoms with Crippen LogP contribution >= 0.6 is 0 Å². The Morgan fingerprint density at radius 3 is 2.84 bits per heavy atom. The van der Waals surface area contributed by atoms with Gasteiger partial charge in [0.25, 0.3) is 0 Å². The van der Waals surface area contributed by atoms with Gasteiger partial charge in [-0.1, -0.05) is 6.07 Å². The maximum absolute atomic E-state index is 13.2. The van der Waals surface area contributed by atoms with Gasteiger partial charge in [0.1, 0.15) is 18.0 Å². The summed E-state index contributed by atoms with van der Waals surface area (Å²) in [7, 11) is 0. The van der Waals surface area contributed by atoms with Gasteiger partial charge in [0.05, 0.1) is 6.42 Å². The molecule has 2 aromatic rings. The number of halogens is 1. The minimum Gasteiger partial charge on any atom is -0.294 e. The van der Waals surface area contributed by atoms with E-state index in [-0.39, 0.29) is 18.2 Å². The SMILES string of the molecule is Cc1ccc(F)cc1C(=O)Cc1ncnn1C(C)C. The van der Waals surface area contributed by atoms with Crippen LogP contribution in [0.2, 0.25) is 0 Å². The van der Waals surface area contributed by atoms with Crippen molar-refractivity contribution in [2.45, 2.75) is 33.2 Å². The molecule has 0 aliphatic rings. The van der Waals surface area contributed by atoms with Crippen LogP contribution in [0.25, 0.3) is 0 Å². The van der Waals surface area contributed by atoms with E-state index in [1.165, 1.54) is 18.5 Å². The second-order valence-electron chi connectivity index (χ2n) is 4.77. The third kappa shape index (κ3) is 2.86. The molecule has 100 valence electrons. The smallest absolute Gasteiger partial charge is 0.170 e. The van der Waals surface area contributed by atoms with E-state index in [1.807, 2.05) is 13.8 Å². The van der Waals surface area contributed by atoms with Crippen molar-refractivity contribution in [1.82, 2.24) is 14.8 Å². The number of rotatable bonds is 4. The molecule has 2 rings (SSSR count). The van der Waals surface area contributed by atoms with Crippen LogP contribution < -0.4 is 0 Å². The van der Waals surface area contributed by atoms with Crippen molar-refractivity contribution in [2.24, 2.45) is 0 Å². The zero-order chi connectivity index (χ0) is 14.0. The fourth-order valence-electron chi connectivity index (χ4n) is 1.97. The van der Waals surface area contributed by atoms with Gasteiger partial charge in [-0.25, -0.2) is 14.1 Å². The lowest BCUT2D eigenvalue weighted by molar-refractivity contribution is 0.0988. The Hall–Kier alpha value is -2.04. The average molecular weight is 261 g/mol. The predicted molar refractivity (Wildman–Crippen MR) is 69.6 cm³/mol. The third-order valence-electron chi connectivity index (χ3n) is 2.96. The molecular weight excluding hydrogens is 245 g/mol. The van der Waals surface area contributed by atoms with Crippen LogP contribution in [0.4, 0.5) is 4.39 Å². The number of hydrogen-bond acceptors (Lipinski definition) is 3. The van der Waals surface area contributed by atoms with Gasteiger partial charge in [-0.15, -0.1) is 0 Å². The summed E-state index contributed by atoms with van der Waals surface area (Å²) in [6, 6.07) is 4.37. The standard InChI is InChI=1S/C14H16FN3O/c1-9(2)18-14(16-8-17-18)7-13(19)12-6-11(15)5-4-10(12)3/h4-6,8-9H,7H2,1-3H3. The van der Waals surface area contributed by atoms with Crippen molar-refractivity contribution in [3.8, 4) is 0 Å². The number of aryl methyl sites for hydroxylation is 1. The van der Waals surface area contributed by atoms with Crippen LogP contribution in [0.1, 0.15) is 41.6 Å². The highest BCUT2D eigenvalue weighted by Crippen LogP contribution is 2.14. The van der Waals surface area contributed by atoms with Gasteiger partial charge in [0, 0.05) is 11.6 Å². The highest BCUT2D eigenvalue weighted by atomic mass is 19.1. The fraction of sp³-hybridized carbons (Fsp3) is 0.357. The number of carbonyl (C=O) groups is 1. The van der Waals surface area contributed by atoms with Crippen LogP contribution in [0.3, 0.4) is 0 Å². The quantitative estimate of drug-likeness (QED) is 0.795. The molecule has 0 aliphatic carbocycles. The van der Waals surface area contributed by atoms with Crippen molar-refractivity contribution in [3.63, 3.8) is 0 Å². The van der Waals surface area contributed by atoms with E-state index in [4.69, 9.17) is 0 Å². The molecule has 0 amide bonds. The van der Waals surface area contributed by atoms with E-state index in [0.717, 1.165) is 5.56 Å². The first-order chi connectivity index (χ1) is 8.99. The van der Waals surface area contributed by atoms with Crippen molar-refractivity contribution >= 4 is 5.78 Å². The monoisotopic (exact) mass is 261 g/mol. The molecule has 0 bridgehead atoms. The molecule has 4 nitrogen and oxygen atoms in total. The van der Waals surface area contributed by atoms with E-state index in [1.54, 1.807) is 17.7 Å². The number of benzene rings is 1. The topological polar surface area (TPSA) is 47.8 Å². The molecule has 0 saturated carbocycles. The van der Waals surface area contributed by atoms with Gasteiger partial charge in [0.2, 0.25) is 0 Å². The largest absolute Gasteiger partial charge is 0.294 e. The zero-order valence-electron chi connectivity index (χ0n) is 11.2. The Morgan fingerprint density at radius 2 is 2.16 bits per heavy atom. The lowest BCUT2D eigenvalue weighted by Gasteiger charge is -2.09. The summed E-state index contributed by atoms with van der Waals surface area (Å²) >= 11 is 0. The Kier molecular flexibility index (Phi) is 3.74. The first-order valence-electron chi connectivity index (χ1n) is 6.16. The predicted octanol–water partition coefficient (Wildman–Crippen LogP) is 2.73. The number of Topliss-reactive ketones (excluding diaryl/α,β-unsaturated/α-hetero) is 1. The summed E-state index contributed by atoms with van der Waals surface area (Å²) in [4.78, 5) is 16.3. The van der Waals surface area contributed by atoms with Gasteiger partial charge < -0.3 is 0 Å². The minimum absolute atomic E-state index is 0.127.